The van der Waals surface area contributed by atoms with Crippen LogP contribution < -0.4 is 0 Å². The molecule has 27 heavy (non-hydrogen) atoms. The number of pyridine rings is 1. The summed E-state index contributed by atoms with van der Waals surface area (Å²) in [5, 5.41) is 10.5. The molecule has 5 heteroatoms. The lowest BCUT2D eigenvalue weighted by Crippen LogP contribution is -1.90. The first kappa shape index (κ1) is 17.3. The van der Waals surface area contributed by atoms with E-state index in [9.17, 15) is 5.11 Å². The summed E-state index contributed by atoms with van der Waals surface area (Å²) in [4.78, 5) is 12.5. The summed E-state index contributed by atoms with van der Waals surface area (Å²) < 4.78 is 0. The van der Waals surface area contributed by atoms with Crippen molar-refractivity contribution < 1.29 is 5.11 Å². The molecule has 2 N–H and O–H groups in total. The van der Waals surface area contributed by atoms with Crippen molar-refractivity contribution in [3.8, 4) is 39.7 Å². The van der Waals surface area contributed by atoms with Gasteiger partial charge in [-0.15, -0.1) is 0 Å². The van der Waals surface area contributed by atoms with Crippen molar-refractivity contribution in [1.82, 2.24) is 15.0 Å². The van der Waals surface area contributed by atoms with Gasteiger partial charge in [0.1, 0.15) is 11.6 Å². The van der Waals surface area contributed by atoms with Gasteiger partial charge in [0.15, 0.2) is 0 Å². The number of aryl methyl sites for hydroxylation is 2. The third kappa shape index (κ3) is 3.32. The van der Waals surface area contributed by atoms with Gasteiger partial charge in [-0.1, -0.05) is 23.7 Å². The first-order valence-corrected chi connectivity index (χ1v) is 8.97. The van der Waals surface area contributed by atoms with Crippen molar-refractivity contribution in [3.05, 3.63) is 77.1 Å². The molecule has 0 fully saturated rings. The third-order valence-corrected chi connectivity index (χ3v) is 4.80. The van der Waals surface area contributed by atoms with Crippen LogP contribution in [-0.4, -0.2) is 20.1 Å². The van der Waals surface area contributed by atoms with E-state index in [4.69, 9.17) is 16.6 Å². The number of nitrogens with one attached hydrogen (secondary N) is 1. The Bertz CT molecular complexity index is 1080. The third-order valence-electron chi connectivity index (χ3n) is 4.54. The van der Waals surface area contributed by atoms with Gasteiger partial charge in [-0.25, -0.2) is 4.98 Å². The monoisotopic (exact) mass is 375 g/mol. The van der Waals surface area contributed by atoms with E-state index < -0.39 is 0 Å². The summed E-state index contributed by atoms with van der Waals surface area (Å²) in [6, 6.07) is 15.0. The molecule has 2 aromatic carbocycles. The molecule has 0 atom stereocenters. The lowest BCUT2D eigenvalue weighted by atomic mass is 10.0. The van der Waals surface area contributed by atoms with Crippen LogP contribution in [0.5, 0.6) is 5.75 Å². The van der Waals surface area contributed by atoms with Crippen LogP contribution in [-0.2, 0) is 0 Å². The van der Waals surface area contributed by atoms with Crippen LogP contribution in [0.4, 0.5) is 0 Å². The average Bonchev–Trinajstić information content (AvgIpc) is 3.07. The van der Waals surface area contributed by atoms with Gasteiger partial charge in [0.25, 0.3) is 0 Å². The highest BCUT2D eigenvalue weighted by Gasteiger charge is 2.18. The van der Waals surface area contributed by atoms with Crippen molar-refractivity contribution in [1.29, 1.82) is 0 Å². The Labute approximate surface area is 162 Å². The van der Waals surface area contributed by atoms with Crippen LogP contribution in [0.1, 0.15) is 11.1 Å². The number of aromatic amines is 1. The molecule has 2 aromatic heterocycles. The number of hydrogen-bond donors (Lipinski definition) is 2. The fourth-order valence-electron chi connectivity index (χ4n) is 3.35. The van der Waals surface area contributed by atoms with Crippen LogP contribution >= 0.6 is 11.6 Å². The second kappa shape index (κ2) is 6.89. The molecule has 0 saturated heterocycles. The zero-order valence-corrected chi connectivity index (χ0v) is 15.7. The number of nitrogens with zero attached hydrogens (tertiary/aromatic N) is 2. The summed E-state index contributed by atoms with van der Waals surface area (Å²) in [5.74, 6) is 1.02. The van der Waals surface area contributed by atoms with Crippen molar-refractivity contribution in [2.24, 2.45) is 0 Å². The fraction of sp³-hybridized carbons (Fsp3) is 0.0909. The van der Waals surface area contributed by atoms with Crippen LogP contribution in [0, 0.1) is 13.8 Å². The number of phenolic OH excluding ortho intramolecular Hbond substituents is 1. The molecule has 0 aliphatic rings. The highest BCUT2D eigenvalue weighted by Crippen LogP contribution is 2.36. The SMILES string of the molecule is Cc1cc(O)cc(C)c1-c1nc(-c2ccc(Cl)cc2)c(-c2ccncc2)[nH]1. The lowest BCUT2D eigenvalue weighted by molar-refractivity contribution is 0.474. The molecule has 0 aliphatic carbocycles. The summed E-state index contributed by atoms with van der Waals surface area (Å²) in [6.45, 7) is 3.94. The van der Waals surface area contributed by atoms with Gasteiger partial charge in [-0.2, -0.15) is 0 Å². The van der Waals surface area contributed by atoms with Crippen LogP contribution in [0.25, 0.3) is 33.9 Å². The van der Waals surface area contributed by atoms with Crippen LogP contribution in [0.2, 0.25) is 5.02 Å². The molecule has 4 aromatic rings. The van der Waals surface area contributed by atoms with E-state index >= 15 is 0 Å². The average molecular weight is 376 g/mol. The summed E-state index contributed by atoms with van der Waals surface area (Å²) in [7, 11) is 0. The van der Waals surface area contributed by atoms with E-state index in [-0.39, 0.29) is 5.75 Å². The summed E-state index contributed by atoms with van der Waals surface area (Å²) in [6.07, 6.45) is 3.52. The molecular formula is C22H18ClN3O. The predicted octanol–water partition coefficient (Wildman–Crippen LogP) is 5.78. The Balaban J connectivity index is 1.95. The molecule has 0 spiro atoms. The van der Waals surface area contributed by atoms with Crippen molar-refractivity contribution >= 4 is 11.6 Å². The van der Waals surface area contributed by atoms with E-state index in [1.165, 1.54) is 0 Å². The number of phenols is 1. The smallest absolute Gasteiger partial charge is 0.139 e. The number of aromatic hydroxyl groups is 1. The molecule has 4 rings (SSSR count). The van der Waals surface area contributed by atoms with Crippen LogP contribution in [0.15, 0.2) is 60.9 Å². The normalized spacial score (nSPS) is 10.9. The topological polar surface area (TPSA) is 61.8 Å². The Kier molecular flexibility index (Phi) is 4.42. The van der Waals surface area contributed by atoms with Gasteiger partial charge >= 0.3 is 0 Å². The Morgan fingerprint density at radius 2 is 1.52 bits per heavy atom. The van der Waals surface area contributed by atoms with E-state index in [0.717, 1.165) is 45.0 Å². The van der Waals surface area contributed by atoms with Crippen molar-refractivity contribution in [3.63, 3.8) is 0 Å². The predicted molar refractivity (Wildman–Crippen MR) is 109 cm³/mol. The van der Waals surface area contributed by atoms with Gasteiger partial charge in [0, 0.05) is 34.1 Å². The molecule has 0 radical (unpaired) electrons. The minimum Gasteiger partial charge on any atom is -0.508 e. The van der Waals surface area contributed by atoms with E-state index in [0.29, 0.717) is 5.02 Å². The zero-order chi connectivity index (χ0) is 19.0. The standard InChI is InChI=1S/C22H18ClN3O/c1-13-11-18(27)12-14(2)19(13)22-25-20(15-3-5-17(23)6-4-15)21(26-22)16-7-9-24-10-8-16/h3-12,27H,1-2H3,(H,25,26). The number of rotatable bonds is 3. The first-order chi connectivity index (χ1) is 13.0. The summed E-state index contributed by atoms with van der Waals surface area (Å²) >= 11 is 6.05. The first-order valence-electron chi connectivity index (χ1n) is 8.60. The van der Waals surface area contributed by atoms with E-state index in [2.05, 4.69) is 9.97 Å². The molecule has 0 aliphatic heterocycles. The molecule has 2 heterocycles. The highest BCUT2D eigenvalue weighted by atomic mass is 35.5. The second-order valence-corrected chi connectivity index (χ2v) is 6.94. The van der Waals surface area contributed by atoms with Crippen LogP contribution in [0.3, 0.4) is 0 Å². The maximum atomic E-state index is 9.86. The highest BCUT2D eigenvalue weighted by molar-refractivity contribution is 6.30. The zero-order valence-electron chi connectivity index (χ0n) is 15.0. The van der Waals surface area contributed by atoms with E-state index in [1.807, 2.05) is 50.2 Å². The number of hydrogen-bond acceptors (Lipinski definition) is 3. The minimum absolute atomic E-state index is 0.257. The molecule has 0 unspecified atom stereocenters. The Morgan fingerprint density at radius 3 is 2.15 bits per heavy atom. The minimum atomic E-state index is 0.257. The number of aromatic nitrogens is 3. The van der Waals surface area contributed by atoms with Gasteiger partial charge < -0.3 is 10.1 Å². The van der Waals surface area contributed by atoms with Gasteiger partial charge in [0.05, 0.1) is 11.4 Å². The largest absolute Gasteiger partial charge is 0.508 e. The fourth-order valence-corrected chi connectivity index (χ4v) is 3.48. The molecule has 0 amide bonds. The number of imidazole rings is 1. The van der Waals surface area contributed by atoms with Gasteiger partial charge in [0.2, 0.25) is 0 Å². The molecule has 0 bridgehead atoms. The lowest BCUT2D eigenvalue weighted by Gasteiger charge is -2.08. The maximum absolute atomic E-state index is 9.86. The number of H-pyrrole nitrogens is 1. The van der Waals surface area contributed by atoms with Gasteiger partial charge in [-0.3, -0.25) is 4.98 Å². The molecular weight excluding hydrogens is 358 g/mol. The number of halogens is 1. The molecule has 134 valence electrons. The quantitative estimate of drug-likeness (QED) is 0.477. The molecule has 0 saturated carbocycles. The Morgan fingerprint density at radius 1 is 0.889 bits per heavy atom. The summed E-state index contributed by atoms with van der Waals surface area (Å²) in [5.41, 5.74) is 6.66. The number of benzene rings is 2. The second-order valence-electron chi connectivity index (χ2n) is 6.51. The van der Waals surface area contributed by atoms with E-state index in [1.54, 1.807) is 24.5 Å². The van der Waals surface area contributed by atoms with Gasteiger partial charge in [-0.05, 0) is 61.4 Å². The molecule has 4 nitrogen and oxygen atoms in total. The van der Waals surface area contributed by atoms with Crippen molar-refractivity contribution in [2.45, 2.75) is 13.8 Å². The Hall–Kier alpha value is -3.11. The van der Waals surface area contributed by atoms with Crippen molar-refractivity contribution in [2.75, 3.05) is 0 Å². The maximum Gasteiger partial charge on any atom is 0.139 e.